The third-order valence-corrected chi connectivity index (χ3v) is 2.32. The molecule has 0 saturated carbocycles. The van der Waals surface area contributed by atoms with Gasteiger partial charge in [-0.3, -0.25) is 0 Å². The van der Waals surface area contributed by atoms with E-state index in [1.165, 1.54) is 11.1 Å². The second kappa shape index (κ2) is 5.29. The summed E-state index contributed by atoms with van der Waals surface area (Å²) in [5.41, 5.74) is 8.13. The molecule has 1 aromatic carbocycles. The fourth-order valence-corrected chi connectivity index (χ4v) is 1.40. The first kappa shape index (κ1) is 12.2. The number of nitrogens with two attached hydrogens (primary N) is 1. The van der Waals surface area contributed by atoms with E-state index in [0.717, 1.165) is 0 Å². The molecule has 2 nitrogen and oxygen atoms in total. The van der Waals surface area contributed by atoms with Gasteiger partial charge in [-0.05, 0) is 16.5 Å². The van der Waals surface area contributed by atoms with E-state index in [0.29, 0.717) is 19.8 Å². The van der Waals surface area contributed by atoms with Gasteiger partial charge in [0.2, 0.25) is 0 Å². The monoisotopic (exact) mass is 207 g/mol. The van der Waals surface area contributed by atoms with Gasteiger partial charge in [-0.25, -0.2) is 0 Å². The minimum Gasteiger partial charge on any atom is -0.375 e. The van der Waals surface area contributed by atoms with Crippen LogP contribution >= 0.6 is 0 Å². The molecule has 84 valence electrons. The molecule has 0 amide bonds. The molecule has 15 heavy (non-hydrogen) atoms. The van der Waals surface area contributed by atoms with E-state index >= 15 is 0 Å². The van der Waals surface area contributed by atoms with Crippen LogP contribution in [0.4, 0.5) is 0 Å². The van der Waals surface area contributed by atoms with Gasteiger partial charge in [0.15, 0.2) is 0 Å². The second-order valence-corrected chi connectivity index (χ2v) is 4.79. The van der Waals surface area contributed by atoms with Crippen molar-refractivity contribution in [3.05, 3.63) is 35.4 Å². The van der Waals surface area contributed by atoms with Crippen LogP contribution < -0.4 is 5.73 Å². The van der Waals surface area contributed by atoms with Crippen molar-refractivity contribution >= 4 is 0 Å². The fourth-order valence-electron chi connectivity index (χ4n) is 1.40. The molecule has 0 fully saturated rings. The predicted molar refractivity (Wildman–Crippen MR) is 63.9 cm³/mol. The minimum atomic E-state index is 0.198. The average Bonchev–Trinajstić information content (AvgIpc) is 2.17. The number of benzene rings is 1. The molecule has 0 aromatic heterocycles. The second-order valence-electron chi connectivity index (χ2n) is 4.79. The van der Waals surface area contributed by atoms with Crippen LogP contribution in [0.15, 0.2) is 24.3 Å². The largest absolute Gasteiger partial charge is 0.375 e. The zero-order valence-electron chi connectivity index (χ0n) is 9.92. The summed E-state index contributed by atoms with van der Waals surface area (Å²) in [4.78, 5) is 0. The lowest BCUT2D eigenvalue weighted by Crippen LogP contribution is -2.12. The van der Waals surface area contributed by atoms with Crippen LogP contribution in [0, 0.1) is 0 Å². The van der Waals surface area contributed by atoms with Crippen molar-refractivity contribution in [2.45, 2.75) is 32.8 Å². The molecule has 2 N–H and O–H groups in total. The summed E-state index contributed by atoms with van der Waals surface area (Å²) in [5.74, 6) is 0. The van der Waals surface area contributed by atoms with E-state index < -0.39 is 0 Å². The molecule has 1 aromatic rings. The highest BCUT2D eigenvalue weighted by Gasteiger charge is 2.13. The lowest BCUT2D eigenvalue weighted by atomic mass is 9.86. The van der Waals surface area contributed by atoms with Crippen LogP contribution in [0.1, 0.15) is 31.9 Å². The first-order valence-corrected chi connectivity index (χ1v) is 5.41. The van der Waals surface area contributed by atoms with Gasteiger partial charge in [0.05, 0.1) is 13.2 Å². The summed E-state index contributed by atoms with van der Waals surface area (Å²) in [6.07, 6.45) is 0. The molecule has 0 radical (unpaired) electrons. The van der Waals surface area contributed by atoms with Crippen LogP contribution in [-0.4, -0.2) is 13.2 Å². The topological polar surface area (TPSA) is 35.2 Å². The van der Waals surface area contributed by atoms with Gasteiger partial charge >= 0.3 is 0 Å². The number of ether oxygens (including phenoxy) is 1. The molecule has 0 aliphatic rings. The first-order chi connectivity index (χ1) is 7.04. The Bertz CT molecular complexity index is 302. The Hall–Kier alpha value is -0.860. The van der Waals surface area contributed by atoms with Gasteiger partial charge < -0.3 is 10.5 Å². The summed E-state index contributed by atoms with van der Waals surface area (Å²) in [5, 5.41) is 0. The van der Waals surface area contributed by atoms with Gasteiger partial charge in [-0.15, -0.1) is 0 Å². The molecule has 0 atom stereocenters. The highest BCUT2D eigenvalue weighted by atomic mass is 16.5. The lowest BCUT2D eigenvalue weighted by Gasteiger charge is -2.19. The van der Waals surface area contributed by atoms with E-state index in [9.17, 15) is 0 Å². The summed E-state index contributed by atoms with van der Waals surface area (Å²) < 4.78 is 5.41. The van der Waals surface area contributed by atoms with E-state index in [1.54, 1.807) is 0 Å². The SMILES string of the molecule is CC(C)(C)c1cccc(COCCN)c1. The molecular weight excluding hydrogens is 186 g/mol. The third kappa shape index (κ3) is 4.02. The molecule has 0 aliphatic carbocycles. The van der Waals surface area contributed by atoms with Crippen molar-refractivity contribution in [2.24, 2.45) is 5.73 Å². The molecule has 0 saturated heterocycles. The number of hydrogen-bond acceptors (Lipinski definition) is 2. The quantitative estimate of drug-likeness (QED) is 0.770. The van der Waals surface area contributed by atoms with Gasteiger partial charge in [0, 0.05) is 6.54 Å². The zero-order valence-corrected chi connectivity index (χ0v) is 9.92. The molecule has 0 bridgehead atoms. The molecular formula is C13H21NO. The maximum absolute atomic E-state index is 5.41. The first-order valence-electron chi connectivity index (χ1n) is 5.41. The molecule has 0 heterocycles. The van der Waals surface area contributed by atoms with Crippen molar-refractivity contribution < 1.29 is 4.74 Å². The average molecular weight is 207 g/mol. The molecule has 2 heteroatoms. The normalized spacial score (nSPS) is 11.7. The Morgan fingerprint density at radius 3 is 2.60 bits per heavy atom. The van der Waals surface area contributed by atoms with Crippen LogP contribution in [0.5, 0.6) is 0 Å². The van der Waals surface area contributed by atoms with Crippen LogP contribution in [0.2, 0.25) is 0 Å². The fraction of sp³-hybridized carbons (Fsp3) is 0.538. The van der Waals surface area contributed by atoms with Gasteiger partial charge in [-0.1, -0.05) is 45.0 Å². The van der Waals surface area contributed by atoms with Crippen LogP contribution in [0.3, 0.4) is 0 Å². The smallest absolute Gasteiger partial charge is 0.0717 e. The summed E-state index contributed by atoms with van der Waals surface area (Å²) >= 11 is 0. The Morgan fingerprint density at radius 2 is 2.00 bits per heavy atom. The lowest BCUT2D eigenvalue weighted by molar-refractivity contribution is 0.128. The zero-order chi connectivity index (χ0) is 11.3. The van der Waals surface area contributed by atoms with Gasteiger partial charge in [0.25, 0.3) is 0 Å². The Labute approximate surface area is 92.4 Å². The minimum absolute atomic E-state index is 0.198. The predicted octanol–water partition coefficient (Wildman–Crippen LogP) is 2.46. The van der Waals surface area contributed by atoms with Crippen molar-refractivity contribution in [3.63, 3.8) is 0 Å². The van der Waals surface area contributed by atoms with Crippen LogP contribution in [0.25, 0.3) is 0 Å². The number of hydrogen-bond donors (Lipinski definition) is 1. The maximum atomic E-state index is 5.41. The third-order valence-electron chi connectivity index (χ3n) is 2.32. The van der Waals surface area contributed by atoms with E-state index in [1.807, 2.05) is 0 Å². The summed E-state index contributed by atoms with van der Waals surface area (Å²) in [6, 6.07) is 8.54. The maximum Gasteiger partial charge on any atom is 0.0717 e. The van der Waals surface area contributed by atoms with Gasteiger partial charge in [-0.2, -0.15) is 0 Å². The Kier molecular flexibility index (Phi) is 4.30. The van der Waals surface area contributed by atoms with Crippen molar-refractivity contribution in [2.75, 3.05) is 13.2 Å². The Balaban J connectivity index is 2.66. The highest BCUT2D eigenvalue weighted by molar-refractivity contribution is 5.28. The molecule has 1 rings (SSSR count). The standard InChI is InChI=1S/C13H21NO/c1-13(2,3)12-6-4-5-11(9-12)10-15-8-7-14/h4-6,9H,7-8,10,14H2,1-3H3. The van der Waals surface area contributed by atoms with Crippen molar-refractivity contribution in [1.82, 2.24) is 0 Å². The highest BCUT2D eigenvalue weighted by Crippen LogP contribution is 2.22. The van der Waals surface area contributed by atoms with E-state index in [2.05, 4.69) is 45.0 Å². The molecule has 0 aliphatic heterocycles. The van der Waals surface area contributed by atoms with E-state index in [4.69, 9.17) is 10.5 Å². The van der Waals surface area contributed by atoms with Crippen molar-refractivity contribution in [1.29, 1.82) is 0 Å². The summed E-state index contributed by atoms with van der Waals surface area (Å²) in [7, 11) is 0. The Morgan fingerprint density at radius 1 is 1.27 bits per heavy atom. The van der Waals surface area contributed by atoms with Crippen molar-refractivity contribution in [3.8, 4) is 0 Å². The van der Waals surface area contributed by atoms with Crippen LogP contribution in [-0.2, 0) is 16.8 Å². The van der Waals surface area contributed by atoms with E-state index in [-0.39, 0.29) is 5.41 Å². The molecule has 0 unspecified atom stereocenters. The number of rotatable bonds is 4. The molecule has 0 spiro atoms. The summed E-state index contributed by atoms with van der Waals surface area (Å²) in [6.45, 7) is 8.51. The van der Waals surface area contributed by atoms with Gasteiger partial charge in [0.1, 0.15) is 0 Å².